The van der Waals surface area contributed by atoms with Gasteiger partial charge in [0.15, 0.2) is 17.2 Å². The highest BCUT2D eigenvalue weighted by Gasteiger charge is 2.27. The van der Waals surface area contributed by atoms with Crippen LogP contribution in [0.5, 0.6) is 17.2 Å². The van der Waals surface area contributed by atoms with Crippen molar-refractivity contribution in [2.24, 2.45) is 0 Å². The molecule has 0 saturated heterocycles. The maximum Gasteiger partial charge on any atom is 0.328 e. The molecule has 10 nitrogen and oxygen atoms in total. The highest BCUT2D eigenvalue weighted by Crippen LogP contribution is 2.29. The summed E-state index contributed by atoms with van der Waals surface area (Å²) in [5, 5.41) is 2.54. The lowest BCUT2D eigenvalue weighted by atomic mass is 10.1. The van der Waals surface area contributed by atoms with Crippen LogP contribution in [0.1, 0.15) is 44.6 Å². The van der Waals surface area contributed by atoms with Gasteiger partial charge >= 0.3 is 11.9 Å². The van der Waals surface area contributed by atoms with Crippen LogP contribution in [0.3, 0.4) is 0 Å². The summed E-state index contributed by atoms with van der Waals surface area (Å²) in [5.41, 5.74) is -0.140. The van der Waals surface area contributed by atoms with E-state index in [-0.39, 0.29) is 17.2 Å². The van der Waals surface area contributed by atoms with E-state index < -0.39 is 42.9 Å². The van der Waals surface area contributed by atoms with Crippen molar-refractivity contribution in [1.29, 1.82) is 0 Å². The first-order valence-corrected chi connectivity index (χ1v) is 10.8. The summed E-state index contributed by atoms with van der Waals surface area (Å²) in [7, 11) is 1.39. The molecule has 2 aromatic rings. The predicted octanol–water partition coefficient (Wildman–Crippen LogP) is 2.90. The summed E-state index contributed by atoms with van der Waals surface area (Å²) in [4.78, 5) is 40.5. The zero-order chi connectivity index (χ0) is 25.1. The van der Waals surface area contributed by atoms with Crippen molar-refractivity contribution in [3.63, 3.8) is 0 Å². The molecule has 34 heavy (non-hydrogen) atoms. The number of carbonyl (C=O) groups is 3. The Morgan fingerprint density at radius 2 is 1.79 bits per heavy atom. The fourth-order valence-corrected chi connectivity index (χ4v) is 2.94. The van der Waals surface area contributed by atoms with E-state index in [4.69, 9.17) is 23.7 Å². The van der Waals surface area contributed by atoms with E-state index in [1.807, 2.05) is 44.2 Å². The fourth-order valence-electron chi connectivity index (χ4n) is 2.94. The number of benzene rings is 1. The minimum atomic E-state index is -0.986. The van der Waals surface area contributed by atoms with Gasteiger partial charge in [0.2, 0.25) is 6.79 Å². The summed E-state index contributed by atoms with van der Waals surface area (Å²) < 4.78 is 26.8. The van der Waals surface area contributed by atoms with Gasteiger partial charge in [-0.1, -0.05) is 25.1 Å². The van der Waals surface area contributed by atoms with Crippen molar-refractivity contribution < 1.29 is 38.1 Å². The summed E-state index contributed by atoms with van der Waals surface area (Å²) in [6, 6.07) is 9.71. The van der Waals surface area contributed by atoms with E-state index in [0.717, 1.165) is 0 Å². The lowest BCUT2D eigenvalue weighted by Gasteiger charge is -2.25. The van der Waals surface area contributed by atoms with Crippen molar-refractivity contribution in [2.75, 3.05) is 13.9 Å². The smallest absolute Gasteiger partial charge is 0.328 e. The van der Waals surface area contributed by atoms with Crippen LogP contribution in [-0.4, -0.2) is 55.0 Å². The van der Waals surface area contributed by atoms with Crippen molar-refractivity contribution in [2.45, 2.75) is 52.4 Å². The largest absolute Gasteiger partial charge is 0.493 e. The molecule has 1 heterocycles. The van der Waals surface area contributed by atoms with Gasteiger partial charge in [-0.15, -0.1) is 0 Å². The Morgan fingerprint density at radius 1 is 1.09 bits per heavy atom. The van der Waals surface area contributed by atoms with E-state index in [9.17, 15) is 14.4 Å². The molecule has 0 saturated carbocycles. The minimum absolute atomic E-state index is 0.0272. The second kappa shape index (κ2) is 13.0. The number of rotatable bonds is 12. The van der Waals surface area contributed by atoms with Crippen molar-refractivity contribution in [3.05, 3.63) is 48.3 Å². The molecule has 1 N–H and O–H groups in total. The maximum absolute atomic E-state index is 12.8. The lowest BCUT2D eigenvalue weighted by molar-refractivity contribution is -0.155. The Balaban J connectivity index is 2.03. The van der Waals surface area contributed by atoms with Crippen LogP contribution in [-0.2, 0) is 19.1 Å². The highest BCUT2D eigenvalue weighted by molar-refractivity contribution is 5.98. The quantitative estimate of drug-likeness (QED) is 0.365. The van der Waals surface area contributed by atoms with Gasteiger partial charge < -0.3 is 29.0 Å². The predicted molar refractivity (Wildman–Crippen MR) is 122 cm³/mol. The Hall–Kier alpha value is -3.82. The number of esters is 2. The number of aromatic nitrogens is 1. The van der Waals surface area contributed by atoms with Gasteiger partial charge in [-0.25, -0.2) is 9.78 Å². The average Bonchev–Trinajstić information content (AvgIpc) is 2.82. The average molecular weight is 475 g/mol. The molecular weight excluding hydrogens is 444 g/mol. The maximum atomic E-state index is 12.8. The van der Waals surface area contributed by atoms with Crippen LogP contribution in [0, 0.1) is 0 Å². The van der Waals surface area contributed by atoms with Crippen molar-refractivity contribution in [3.8, 4) is 17.2 Å². The minimum Gasteiger partial charge on any atom is -0.493 e. The number of nitrogens with one attached hydrogen (secondary N) is 1. The molecule has 184 valence electrons. The summed E-state index contributed by atoms with van der Waals surface area (Å²) in [6.07, 6.45) is 0.946. The van der Waals surface area contributed by atoms with Crippen molar-refractivity contribution in [1.82, 2.24) is 10.3 Å². The second-order valence-electron chi connectivity index (χ2n) is 7.30. The van der Waals surface area contributed by atoms with E-state index >= 15 is 0 Å². The zero-order valence-corrected chi connectivity index (χ0v) is 19.9. The van der Waals surface area contributed by atoms with Gasteiger partial charge in [0, 0.05) is 19.2 Å². The Labute approximate surface area is 198 Å². The summed E-state index contributed by atoms with van der Waals surface area (Å²) in [6.45, 7) is 5.96. The Morgan fingerprint density at radius 3 is 2.41 bits per heavy atom. The van der Waals surface area contributed by atoms with Gasteiger partial charge in [-0.05, 0) is 32.4 Å². The molecule has 1 aromatic carbocycles. The van der Waals surface area contributed by atoms with Gasteiger partial charge in [0.25, 0.3) is 5.91 Å². The molecule has 2 rings (SSSR count). The molecule has 0 spiro atoms. The Bertz CT molecular complexity index is 967. The summed E-state index contributed by atoms with van der Waals surface area (Å²) in [5.74, 6) is -1.03. The number of methoxy groups -OCH3 is 1. The van der Waals surface area contributed by atoms with Crippen LogP contribution in [0.15, 0.2) is 42.6 Å². The van der Waals surface area contributed by atoms with E-state index in [1.165, 1.54) is 33.2 Å². The topological polar surface area (TPSA) is 122 Å². The molecule has 0 radical (unpaired) electrons. The molecule has 0 aliphatic heterocycles. The molecule has 0 aliphatic carbocycles. The third-order valence-corrected chi connectivity index (χ3v) is 4.73. The van der Waals surface area contributed by atoms with Gasteiger partial charge in [0.1, 0.15) is 24.0 Å². The third-order valence-electron chi connectivity index (χ3n) is 4.73. The molecule has 0 fully saturated rings. The molecule has 1 amide bonds. The first-order valence-electron chi connectivity index (χ1n) is 10.8. The number of pyridine rings is 1. The molecule has 0 unspecified atom stereocenters. The second-order valence-corrected chi connectivity index (χ2v) is 7.30. The molecular formula is C24H30N2O8. The van der Waals surface area contributed by atoms with Gasteiger partial charge in [-0.2, -0.15) is 0 Å². The Kier molecular flexibility index (Phi) is 10.1. The number of para-hydroxylation sites is 1. The van der Waals surface area contributed by atoms with E-state index in [0.29, 0.717) is 12.2 Å². The van der Waals surface area contributed by atoms with Crippen LogP contribution in [0.4, 0.5) is 0 Å². The fraction of sp³-hybridized carbons (Fsp3) is 0.417. The molecule has 10 heteroatoms. The number of nitrogens with zero attached hydrogens (tertiary/aromatic N) is 1. The third kappa shape index (κ3) is 7.65. The molecule has 1 aromatic heterocycles. The number of hydrogen-bond acceptors (Lipinski definition) is 9. The first-order chi connectivity index (χ1) is 16.3. The van der Waals surface area contributed by atoms with Crippen LogP contribution in [0.2, 0.25) is 0 Å². The standard InChI is InChI=1S/C24H30N2O8/c1-6-19(16(3)33-18-10-8-7-9-11-18)34-24(29)15(2)26-23(28)21-22(32-14-31-17(4)27)20(30-5)12-13-25-21/h7-13,15-16,19H,6,14H2,1-5H3,(H,26,28)/t15-,16-,19+/m0/s1. The first kappa shape index (κ1) is 26.4. The van der Waals surface area contributed by atoms with Crippen molar-refractivity contribution >= 4 is 17.8 Å². The van der Waals surface area contributed by atoms with Crippen LogP contribution >= 0.6 is 0 Å². The monoisotopic (exact) mass is 474 g/mol. The van der Waals surface area contributed by atoms with Gasteiger partial charge in [-0.3, -0.25) is 9.59 Å². The molecule has 0 aliphatic rings. The number of carbonyl (C=O) groups excluding carboxylic acids is 3. The number of ether oxygens (including phenoxy) is 5. The normalized spacial score (nSPS) is 13.1. The van der Waals surface area contributed by atoms with Gasteiger partial charge in [0.05, 0.1) is 7.11 Å². The zero-order valence-electron chi connectivity index (χ0n) is 19.9. The number of hydrogen-bond donors (Lipinski definition) is 1. The van der Waals surface area contributed by atoms with E-state index in [1.54, 1.807) is 0 Å². The van der Waals surface area contributed by atoms with Crippen LogP contribution in [0.25, 0.3) is 0 Å². The molecule has 3 atom stereocenters. The SMILES string of the molecule is CC[C@@H](OC(=O)[C@H](C)NC(=O)c1nccc(OC)c1OCOC(C)=O)[C@H](C)Oc1ccccc1. The number of amides is 1. The lowest BCUT2D eigenvalue weighted by Crippen LogP contribution is -2.43. The highest BCUT2D eigenvalue weighted by atomic mass is 16.7. The van der Waals surface area contributed by atoms with E-state index in [2.05, 4.69) is 10.3 Å². The molecule has 0 bridgehead atoms. The summed E-state index contributed by atoms with van der Waals surface area (Å²) >= 11 is 0. The van der Waals surface area contributed by atoms with Crippen LogP contribution < -0.4 is 19.5 Å².